The van der Waals surface area contributed by atoms with E-state index in [1.165, 1.54) is 11.1 Å². The number of benzene rings is 1. The van der Waals surface area contributed by atoms with Crippen LogP contribution in [0.1, 0.15) is 50.7 Å². The van der Waals surface area contributed by atoms with Crippen LogP contribution in [0.3, 0.4) is 0 Å². The molecule has 0 amide bonds. The summed E-state index contributed by atoms with van der Waals surface area (Å²) in [6.45, 7) is 6.45. The molecule has 0 radical (unpaired) electrons. The molecule has 0 atom stereocenters. The predicted octanol–water partition coefficient (Wildman–Crippen LogP) is 4.32. The Hall–Kier alpha value is -1.11. The van der Waals surface area contributed by atoms with E-state index in [-0.39, 0.29) is 0 Å². The molecule has 17 heavy (non-hydrogen) atoms. The van der Waals surface area contributed by atoms with Gasteiger partial charge in [-0.15, -0.1) is 0 Å². The maximum atomic E-state index is 11.9. The molecular formula is C16H24O. The topological polar surface area (TPSA) is 17.1 Å². The van der Waals surface area contributed by atoms with E-state index in [9.17, 15) is 4.79 Å². The SMILES string of the molecule is CCC(CC)CC(=O)CCc1ccccc1C. The Morgan fingerprint density at radius 1 is 1.18 bits per heavy atom. The van der Waals surface area contributed by atoms with Gasteiger partial charge in [0.05, 0.1) is 0 Å². The van der Waals surface area contributed by atoms with Gasteiger partial charge in [-0.1, -0.05) is 51.0 Å². The molecule has 1 heteroatoms. The molecule has 1 rings (SSSR count). The van der Waals surface area contributed by atoms with Gasteiger partial charge in [-0.25, -0.2) is 0 Å². The highest BCUT2D eigenvalue weighted by Gasteiger charge is 2.10. The van der Waals surface area contributed by atoms with E-state index in [0.29, 0.717) is 18.1 Å². The van der Waals surface area contributed by atoms with E-state index in [1.54, 1.807) is 0 Å². The third-order valence-corrected chi connectivity index (χ3v) is 3.61. The fraction of sp³-hybridized carbons (Fsp3) is 0.562. The van der Waals surface area contributed by atoms with Crippen LogP contribution in [0.25, 0.3) is 0 Å². The van der Waals surface area contributed by atoms with Crippen LogP contribution in [0.4, 0.5) is 0 Å². The molecule has 0 heterocycles. The molecule has 0 aliphatic carbocycles. The molecule has 94 valence electrons. The number of carbonyl (C=O) groups excluding carboxylic acids is 1. The highest BCUT2D eigenvalue weighted by Crippen LogP contribution is 2.16. The van der Waals surface area contributed by atoms with Crippen molar-refractivity contribution >= 4 is 5.78 Å². The summed E-state index contributed by atoms with van der Waals surface area (Å²) in [7, 11) is 0. The van der Waals surface area contributed by atoms with E-state index < -0.39 is 0 Å². The van der Waals surface area contributed by atoms with Crippen LogP contribution in [-0.4, -0.2) is 5.78 Å². The van der Waals surface area contributed by atoms with Gasteiger partial charge in [0.1, 0.15) is 5.78 Å². The Bertz CT molecular complexity index is 350. The van der Waals surface area contributed by atoms with Crippen molar-refractivity contribution in [1.82, 2.24) is 0 Å². The lowest BCUT2D eigenvalue weighted by Gasteiger charge is -2.11. The summed E-state index contributed by atoms with van der Waals surface area (Å²) in [5.41, 5.74) is 2.60. The van der Waals surface area contributed by atoms with Crippen LogP contribution in [-0.2, 0) is 11.2 Å². The number of Topliss-reactive ketones (excluding diaryl/α,β-unsaturated/α-hetero) is 1. The van der Waals surface area contributed by atoms with E-state index in [1.807, 2.05) is 12.1 Å². The van der Waals surface area contributed by atoms with Crippen molar-refractivity contribution < 1.29 is 4.79 Å². The van der Waals surface area contributed by atoms with Crippen molar-refractivity contribution in [2.24, 2.45) is 5.92 Å². The molecule has 0 aliphatic heterocycles. The summed E-state index contributed by atoms with van der Waals surface area (Å²) < 4.78 is 0. The Labute approximate surface area is 105 Å². The molecule has 0 spiro atoms. The Kier molecular flexibility index (Phi) is 5.96. The fourth-order valence-electron chi connectivity index (χ4n) is 2.17. The quantitative estimate of drug-likeness (QED) is 0.684. The van der Waals surface area contributed by atoms with Crippen LogP contribution >= 0.6 is 0 Å². The zero-order valence-corrected chi connectivity index (χ0v) is 11.3. The zero-order valence-electron chi connectivity index (χ0n) is 11.3. The predicted molar refractivity (Wildman–Crippen MR) is 73.2 cm³/mol. The Morgan fingerprint density at radius 3 is 2.41 bits per heavy atom. The van der Waals surface area contributed by atoms with Crippen molar-refractivity contribution in [1.29, 1.82) is 0 Å². The first kappa shape index (κ1) is 14.0. The second-order valence-corrected chi connectivity index (χ2v) is 4.85. The standard InChI is InChI=1S/C16H24O/c1-4-14(5-2)12-16(17)11-10-15-9-7-6-8-13(15)3/h6-9,14H,4-5,10-12H2,1-3H3. The van der Waals surface area contributed by atoms with Gasteiger partial charge in [0, 0.05) is 12.8 Å². The first-order valence-electron chi connectivity index (χ1n) is 6.73. The number of hydrogen-bond donors (Lipinski definition) is 0. The summed E-state index contributed by atoms with van der Waals surface area (Å²) in [6.07, 6.45) is 4.59. The maximum Gasteiger partial charge on any atom is 0.133 e. The minimum Gasteiger partial charge on any atom is -0.300 e. The van der Waals surface area contributed by atoms with Gasteiger partial charge in [0.15, 0.2) is 0 Å². The van der Waals surface area contributed by atoms with Gasteiger partial charge < -0.3 is 0 Å². The minimum atomic E-state index is 0.418. The lowest BCUT2D eigenvalue weighted by Crippen LogP contribution is -2.08. The maximum absolute atomic E-state index is 11.9. The molecule has 0 bridgehead atoms. The smallest absolute Gasteiger partial charge is 0.133 e. The summed E-state index contributed by atoms with van der Waals surface area (Å²) >= 11 is 0. The van der Waals surface area contributed by atoms with Crippen molar-refractivity contribution in [3.05, 3.63) is 35.4 Å². The van der Waals surface area contributed by atoms with Crippen LogP contribution in [0.2, 0.25) is 0 Å². The Morgan fingerprint density at radius 2 is 1.82 bits per heavy atom. The van der Waals surface area contributed by atoms with E-state index in [2.05, 4.69) is 32.9 Å². The van der Waals surface area contributed by atoms with E-state index in [0.717, 1.165) is 25.7 Å². The molecule has 1 aromatic rings. The molecule has 0 saturated carbocycles. The monoisotopic (exact) mass is 232 g/mol. The number of hydrogen-bond acceptors (Lipinski definition) is 1. The molecule has 0 aliphatic rings. The largest absolute Gasteiger partial charge is 0.300 e. The van der Waals surface area contributed by atoms with Crippen molar-refractivity contribution in [2.45, 2.75) is 52.9 Å². The summed E-state index contributed by atoms with van der Waals surface area (Å²) in [5, 5.41) is 0. The molecule has 0 unspecified atom stereocenters. The molecule has 1 aromatic carbocycles. The van der Waals surface area contributed by atoms with Crippen LogP contribution < -0.4 is 0 Å². The first-order valence-corrected chi connectivity index (χ1v) is 6.73. The number of rotatable bonds is 7. The first-order chi connectivity index (χ1) is 8.17. The molecule has 0 aromatic heterocycles. The van der Waals surface area contributed by atoms with Crippen molar-refractivity contribution in [2.75, 3.05) is 0 Å². The van der Waals surface area contributed by atoms with Crippen LogP contribution in [0.15, 0.2) is 24.3 Å². The third-order valence-electron chi connectivity index (χ3n) is 3.61. The van der Waals surface area contributed by atoms with E-state index in [4.69, 9.17) is 0 Å². The summed E-state index contributed by atoms with van der Waals surface area (Å²) in [5.74, 6) is 1.00. The van der Waals surface area contributed by atoms with Crippen molar-refractivity contribution in [3.8, 4) is 0 Å². The van der Waals surface area contributed by atoms with Gasteiger partial charge in [-0.05, 0) is 30.4 Å². The minimum absolute atomic E-state index is 0.418. The van der Waals surface area contributed by atoms with Gasteiger partial charge >= 0.3 is 0 Å². The Balaban J connectivity index is 2.41. The zero-order chi connectivity index (χ0) is 12.7. The fourth-order valence-corrected chi connectivity index (χ4v) is 2.17. The average Bonchev–Trinajstić information content (AvgIpc) is 2.35. The van der Waals surface area contributed by atoms with Gasteiger partial charge in [0.2, 0.25) is 0 Å². The summed E-state index contributed by atoms with van der Waals surface area (Å²) in [4.78, 5) is 11.9. The second kappa shape index (κ2) is 7.26. The summed E-state index contributed by atoms with van der Waals surface area (Å²) in [6, 6.07) is 8.33. The molecule has 0 fully saturated rings. The van der Waals surface area contributed by atoms with Gasteiger partial charge in [0.25, 0.3) is 0 Å². The average molecular weight is 232 g/mol. The third kappa shape index (κ3) is 4.72. The molecular weight excluding hydrogens is 208 g/mol. The number of ketones is 1. The lowest BCUT2D eigenvalue weighted by molar-refractivity contribution is -0.120. The van der Waals surface area contributed by atoms with Crippen LogP contribution in [0, 0.1) is 12.8 Å². The van der Waals surface area contributed by atoms with Crippen molar-refractivity contribution in [3.63, 3.8) is 0 Å². The van der Waals surface area contributed by atoms with Gasteiger partial charge in [-0.3, -0.25) is 4.79 Å². The molecule has 1 nitrogen and oxygen atoms in total. The number of carbonyl (C=O) groups is 1. The number of aryl methyl sites for hydroxylation is 2. The normalized spacial score (nSPS) is 10.8. The van der Waals surface area contributed by atoms with Gasteiger partial charge in [-0.2, -0.15) is 0 Å². The van der Waals surface area contributed by atoms with Crippen LogP contribution in [0.5, 0.6) is 0 Å². The molecule has 0 N–H and O–H groups in total. The second-order valence-electron chi connectivity index (χ2n) is 4.85. The lowest BCUT2D eigenvalue weighted by atomic mass is 9.94. The van der Waals surface area contributed by atoms with E-state index >= 15 is 0 Å². The highest BCUT2D eigenvalue weighted by molar-refractivity contribution is 5.78. The molecule has 0 saturated heterocycles. The highest BCUT2D eigenvalue weighted by atomic mass is 16.1.